The van der Waals surface area contributed by atoms with Crippen molar-refractivity contribution in [3.8, 4) is 23.1 Å². The average Bonchev–Trinajstić information content (AvgIpc) is 3.16. The summed E-state index contributed by atoms with van der Waals surface area (Å²) in [4.78, 5) is 2.26. The summed E-state index contributed by atoms with van der Waals surface area (Å²) in [5.41, 5.74) is 2.80. The zero-order valence-electron chi connectivity index (χ0n) is 22.3. The van der Waals surface area contributed by atoms with Crippen LogP contribution in [-0.2, 0) is 11.3 Å². The van der Waals surface area contributed by atoms with Gasteiger partial charge >= 0.3 is 0 Å². The number of rotatable bonds is 15. The number of benzene rings is 2. The molecule has 3 rings (SSSR count). The minimum absolute atomic E-state index is 0.337. The van der Waals surface area contributed by atoms with Gasteiger partial charge in [-0.05, 0) is 43.5 Å². The molecule has 1 atom stereocenters. The molecule has 7 nitrogen and oxygen atoms in total. The van der Waals surface area contributed by atoms with E-state index in [1.165, 1.54) is 0 Å². The third-order valence-corrected chi connectivity index (χ3v) is 5.82. The number of methoxy groups -OCH3 is 1. The van der Waals surface area contributed by atoms with Crippen LogP contribution in [-0.4, -0.2) is 59.3 Å². The molecule has 196 valence electrons. The van der Waals surface area contributed by atoms with Gasteiger partial charge in [0.1, 0.15) is 11.5 Å². The van der Waals surface area contributed by atoms with Crippen LogP contribution in [0.4, 0.5) is 0 Å². The number of unbranched alkanes of at least 4 members (excludes halogenated alkanes) is 1. The van der Waals surface area contributed by atoms with Gasteiger partial charge in [-0.25, -0.2) is 4.68 Å². The van der Waals surface area contributed by atoms with Crippen LogP contribution in [0, 0.1) is 12.8 Å². The van der Waals surface area contributed by atoms with Gasteiger partial charge in [0.15, 0.2) is 0 Å². The highest BCUT2D eigenvalue weighted by Gasteiger charge is 2.23. The fourth-order valence-electron chi connectivity index (χ4n) is 4.11. The summed E-state index contributed by atoms with van der Waals surface area (Å²) in [6.45, 7) is 11.5. The molecule has 0 saturated heterocycles. The third kappa shape index (κ3) is 8.08. The standard InChI is InChI=1S/C29H41N3O4/c1-6-7-16-35-21-25(33)19-31(18-22(2)3)20-28-23(4)30-32(24-12-9-8-10-13-24)29(28)36-27-15-11-14-26(17-27)34-5/h8-15,17,22,25,33H,6-7,16,18-21H2,1-5H3/t25-/m1/s1. The second kappa shape index (κ2) is 14.0. The normalized spacial score (nSPS) is 12.3. The molecule has 0 unspecified atom stereocenters. The first-order valence-corrected chi connectivity index (χ1v) is 12.8. The highest BCUT2D eigenvalue weighted by atomic mass is 16.5. The maximum Gasteiger partial charge on any atom is 0.227 e. The molecule has 2 aromatic carbocycles. The molecule has 7 heteroatoms. The number of hydrogen-bond acceptors (Lipinski definition) is 6. The van der Waals surface area contributed by atoms with Crippen molar-refractivity contribution < 1.29 is 19.3 Å². The topological polar surface area (TPSA) is 69.0 Å². The maximum absolute atomic E-state index is 10.7. The minimum Gasteiger partial charge on any atom is -0.497 e. The Kier molecular flexibility index (Phi) is 10.8. The Balaban J connectivity index is 1.90. The Labute approximate surface area is 215 Å². The van der Waals surface area contributed by atoms with Gasteiger partial charge in [0.05, 0.1) is 36.8 Å². The Morgan fingerprint density at radius 2 is 1.78 bits per heavy atom. The van der Waals surface area contributed by atoms with Crippen molar-refractivity contribution >= 4 is 0 Å². The van der Waals surface area contributed by atoms with Crippen LogP contribution in [0.15, 0.2) is 54.6 Å². The fourth-order valence-corrected chi connectivity index (χ4v) is 4.11. The molecular weight excluding hydrogens is 454 g/mol. The second-order valence-electron chi connectivity index (χ2n) is 9.57. The smallest absolute Gasteiger partial charge is 0.227 e. The number of aromatic nitrogens is 2. The van der Waals surface area contributed by atoms with Gasteiger partial charge < -0.3 is 19.3 Å². The molecular formula is C29H41N3O4. The van der Waals surface area contributed by atoms with Crippen molar-refractivity contribution in [3.05, 3.63) is 65.9 Å². The zero-order chi connectivity index (χ0) is 25.9. The van der Waals surface area contributed by atoms with Gasteiger partial charge in [0.25, 0.3) is 0 Å². The van der Waals surface area contributed by atoms with Gasteiger partial charge in [-0.1, -0.05) is 51.5 Å². The van der Waals surface area contributed by atoms with Crippen molar-refractivity contribution in [3.63, 3.8) is 0 Å². The van der Waals surface area contributed by atoms with Crippen LogP contribution < -0.4 is 9.47 Å². The Morgan fingerprint density at radius 1 is 1.03 bits per heavy atom. The van der Waals surface area contributed by atoms with E-state index >= 15 is 0 Å². The molecule has 0 radical (unpaired) electrons. The highest BCUT2D eigenvalue weighted by Crippen LogP contribution is 2.33. The van der Waals surface area contributed by atoms with E-state index in [2.05, 4.69) is 25.7 Å². The summed E-state index contributed by atoms with van der Waals surface area (Å²) < 4.78 is 19.4. The monoisotopic (exact) mass is 495 g/mol. The Bertz CT molecular complexity index is 1050. The first kappa shape index (κ1) is 27.7. The van der Waals surface area contributed by atoms with Crippen LogP contribution in [0.3, 0.4) is 0 Å². The molecule has 0 fully saturated rings. The van der Waals surface area contributed by atoms with Crippen LogP contribution >= 0.6 is 0 Å². The summed E-state index contributed by atoms with van der Waals surface area (Å²) >= 11 is 0. The quantitative estimate of drug-likeness (QED) is 0.276. The number of para-hydroxylation sites is 1. The lowest BCUT2D eigenvalue weighted by atomic mass is 10.1. The summed E-state index contributed by atoms with van der Waals surface area (Å²) in [6.07, 6.45) is 1.52. The number of ether oxygens (including phenoxy) is 3. The summed E-state index contributed by atoms with van der Waals surface area (Å²) in [5, 5.41) is 15.5. The second-order valence-corrected chi connectivity index (χ2v) is 9.57. The van der Waals surface area contributed by atoms with Crippen molar-refractivity contribution in [1.82, 2.24) is 14.7 Å². The van der Waals surface area contributed by atoms with E-state index in [0.29, 0.717) is 43.9 Å². The van der Waals surface area contributed by atoms with Gasteiger partial charge in [-0.15, -0.1) is 0 Å². The summed E-state index contributed by atoms with van der Waals surface area (Å²) in [6, 6.07) is 17.6. The van der Waals surface area contributed by atoms with Crippen LogP contribution in [0.1, 0.15) is 44.9 Å². The molecule has 3 aromatic rings. The van der Waals surface area contributed by atoms with E-state index in [-0.39, 0.29) is 0 Å². The highest BCUT2D eigenvalue weighted by molar-refractivity contribution is 5.44. The van der Waals surface area contributed by atoms with Crippen molar-refractivity contribution in [2.75, 3.05) is 33.4 Å². The first-order chi connectivity index (χ1) is 17.4. The molecule has 0 saturated carbocycles. The van der Waals surface area contributed by atoms with Crippen molar-refractivity contribution in [1.29, 1.82) is 0 Å². The van der Waals surface area contributed by atoms with Crippen LogP contribution in [0.5, 0.6) is 17.4 Å². The van der Waals surface area contributed by atoms with Crippen LogP contribution in [0.25, 0.3) is 5.69 Å². The lowest BCUT2D eigenvalue weighted by Crippen LogP contribution is -2.37. The van der Waals surface area contributed by atoms with E-state index in [1.54, 1.807) is 7.11 Å². The molecule has 1 aromatic heterocycles. The predicted molar refractivity (Wildman–Crippen MR) is 143 cm³/mol. The van der Waals surface area contributed by atoms with Crippen molar-refractivity contribution in [2.45, 2.75) is 53.2 Å². The van der Waals surface area contributed by atoms with Gasteiger partial charge in [-0.3, -0.25) is 4.90 Å². The van der Waals surface area contributed by atoms with Gasteiger partial charge in [0, 0.05) is 32.3 Å². The van der Waals surface area contributed by atoms with E-state index in [1.807, 2.05) is 66.2 Å². The molecule has 0 aliphatic rings. The van der Waals surface area contributed by atoms with E-state index in [0.717, 1.165) is 42.1 Å². The molecule has 0 amide bonds. The number of aliphatic hydroxyl groups is 1. The predicted octanol–water partition coefficient (Wildman–Crippen LogP) is 5.62. The Morgan fingerprint density at radius 3 is 2.47 bits per heavy atom. The first-order valence-electron chi connectivity index (χ1n) is 12.8. The third-order valence-electron chi connectivity index (χ3n) is 5.82. The average molecular weight is 496 g/mol. The molecule has 0 bridgehead atoms. The maximum atomic E-state index is 10.7. The van der Waals surface area contributed by atoms with Crippen LogP contribution in [0.2, 0.25) is 0 Å². The number of aryl methyl sites for hydroxylation is 1. The fraction of sp³-hybridized carbons (Fsp3) is 0.483. The largest absolute Gasteiger partial charge is 0.497 e. The number of hydrogen-bond donors (Lipinski definition) is 1. The van der Waals surface area contributed by atoms with E-state index < -0.39 is 6.10 Å². The molecule has 0 spiro atoms. The minimum atomic E-state index is -0.562. The zero-order valence-corrected chi connectivity index (χ0v) is 22.3. The Hall–Kier alpha value is -2.87. The lowest BCUT2D eigenvalue weighted by molar-refractivity contribution is 0.0123. The van der Waals surface area contributed by atoms with E-state index in [9.17, 15) is 5.11 Å². The molecule has 0 aliphatic carbocycles. The SMILES string of the molecule is CCCCOC[C@H](O)CN(Cc1c(C)nn(-c2ccccc2)c1Oc1cccc(OC)c1)CC(C)C. The van der Waals surface area contributed by atoms with Crippen molar-refractivity contribution in [2.24, 2.45) is 5.92 Å². The van der Waals surface area contributed by atoms with E-state index in [4.69, 9.17) is 19.3 Å². The van der Waals surface area contributed by atoms with Gasteiger partial charge in [-0.2, -0.15) is 5.10 Å². The van der Waals surface area contributed by atoms with Gasteiger partial charge in [0.2, 0.25) is 5.88 Å². The molecule has 1 N–H and O–H groups in total. The molecule has 0 aliphatic heterocycles. The molecule has 1 heterocycles. The summed E-state index contributed by atoms with van der Waals surface area (Å²) in [5.74, 6) is 2.50. The molecule has 36 heavy (non-hydrogen) atoms. The number of aliphatic hydroxyl groups excluding tert-OH is 1. The number of nitrogens with zero attached hydrogens (tertiary/aromatic N) is 3. The summed E-state index contributed by atoms with van der Waals surface area (Å²) in [7, 11) is 1.64. The lowest BCUT2D eigenvalue weighted by Gasteiger charge is -2.27.